The van der Waals surface area contributed by atoms with Gasteiger partial charge in [0.1, 0.15) is 13.2 Å². The van der Waals surface area contributed by atoms with Gasteiger partial charge in [-0.15, -0.1) is 0 Å². The van der Waals surface area contributed by atoms with Crippen LogP contribution in [0.1, 0.15) is 25.7 Å². The van der Waals surface area contributed by atoms with Gasteiger partial charge in [0.15, 0.2) is 0 Å². The van der Waals surface area contributed by atoms with Crippen molar-refractivity contribution in [2.75, 3.05) is 19.8 Å². The summed E-state index contributed by atoms with van der Waals surface area (Å²) >= 11 is 0. The highest BCUT2D eigenvalue weighted by molar-refractivity contribution is 5.77. The van der Waals surface area contributed by atoms with Gasteiger partial charge in [0, 0.05) is 5.54 Å². The van der Waals surface area contributed by atoms with E-state index in [2.05, 4.69) is 5.32 Å². The number of nitriles is 1. The number of hydrogen-bond donors (Lipinski definition) is 2. The van der Waals surface area contributed by atoms with Crippen LogP contribution in [0.3, 0.4) is 0 Å². The minimum Gasteiger partial charge on any atom is -0.370 e. The Balaban J connectivity index is 2.10. The highest BCUT2D eigenvalue weighted by Crippen LogP contribution is 2.27. The average Bonchev–Trinajstić information content (AvgIpc) is 2.62. The summed E-state index contributed by atoms with van der Waals surface area (Å²) in [4.78, 5) is 11.1. The Morgan fingerprint density at radius 1 is 1.53 bits per heavy atom. The molecule has 0 bridgehead atoms. The Bertz CT molecular complexity index is 254. The Morgan fingerprint density at radius 2 is 2.20 bits per heavy atom. The summed E-state index contributed by atoms with van der Waals surface area (Å²) in [6.07, 6.45) is 4.21. The van der Waals surface area contributed by atoms with E-state index in [0.29, 0.717) is 6.61 Å². The van der Waals surface area contributed by atoms with Crippen LogP contribution in [-0.2, 0) is 9.53 Å². The van der Waals surface area contributed by atoms with Crippen molar-refractivity contribution in [2.45, 2.75) is 31.2 Å². The lowest BCUT2D eigenvalue weighted by atomic mass is 10.0. The first kappa shape index (κ1) is 12.0. The van der Waals surface area contributed by atoms with Crippen molar-refractivity contribution in [3.05, 3.63) is 0 Å². The number of nitrogens with zero attached hydrogens (tertiary/aromatic N) is 1. The maximum Gasteiger partial charge on any atom is 0.246 e. The van der Waals surface area contributed by atoms with Crippen LogP contribution in [0.2, 0.25) is 0 Å². The van der Waals surface area contributed by atoms with E-state index in [9.17, 15) is 4.79 Å². The van der Waals surface area contributed by atoms with E-state index in [-0.39, 0.29) is 24.6 Å². The summed E-state index contributed by atoms with van der Waals surface area (Å²) in [5, 5.41) is 10.6. The van der Waals surface area contributed by atoms with Crippen LogP contribution in [0.5, 0.6) is 0 Å². The number of rotatable bonds is 5. The number of nitrogens with two attached hydrogens (primary N) is 1. The SMILES string of the molecule is N#CCNC(=O)COCC1(N)CCCC1. The Morgan fingerprint density at radius 3 is 2.80 bits per heavy atom. The molecular weight excluding hydrogens is 194 g/mol. The lowest BCUT2D eigenvalue weighted by Crippen LogP contribution is -2.42. The van der Waals surface area contributed by atoms with E-state index in [1.807, 2.05) is 6.07 Å². The number of carbonyl (C=O) groups excluding carboxylic acids is 1. The largest absolute Gasteiger partial charge is 0.370 e. The van der Waals surface area contributed by atoms with Crippen LogP contribution in [-0.4, -0.2) is 31.2 Å². The highest BCUT2D eigenvalue weighted by atomic mass is 16.5. The standard InChI is InChI=1S/C10H17N3O2/c11-5-6-13-9(14)7-15-8-10(12)3-1-2-4-10/h1-4,6-8,12H2,(H,13,14). The third-order valence-corrected chi connectivity index (χ3v) is 2.59. The zero-order valence-corrected chi connectivity index (χ0v) is 8.79. The van der Waals surface area contributed by atoms with E-state index in [0.717, 1.165) is 25.7 Å². The second-order valence-corrected chi connectivity index (χ2v) is 4.00. The lowest BCUT2D eigenvalue weighted by Gasteiger charge is -2.22. The van der Waals surface area contributed by atoms with Crippen molar-refractivity contribution in [1.82, 2.24) is 5.32 Å². The number of carbonyl (C=O) groups is 1. The van der Waals surface area contributed by atoms with E-state index in [1.165, 1.54) is 0 Å². The van der Waals surface area contributed by atoms with Crippen LogP contribution >= 0.6 is 0 Å². The van der Waals surface area contributed by atoms with Gasteiger partial charge in [0.25, 0.3) is 0 Å². The van der Waals surface area contributed by atoms with Crippen molar-refractivity contribution in [2.24, 2.45) is 5.73 Å². The second kappa shape index (κ2) is 5.69. The predicted molar refractivity (Wildman–Crippen MR) is 54.8 cm³/mol. The summed E-state index contributed by atoms with van der Waals surface area (Å²) in [5.41, 5.74) is 5.80. The average molecular weight is 211 g/mol. The van der Waals surface area contributed by atoms with E-state index in [4.69, 9.17) is 15.7 Å². The highest BCUT2D eigenvalue weighted by Gasteiger charge is 2.29. The molecule has 1 aliphatic carbocycles. The van der Waals surface area contributed by atoms with Gasteiger partial charge in [0.2, 0.25) is 5.91 Å². The zero-order chi connectivity index (χ0) is 11.1. The molecular formula is C10H17N3O2. The summed E-state index contributed by atoms with van der Waals surface area (Å²) < 4.78 is 5.23. The molecule has 1 rings (SSSR count). The molecule has 0 atom stereocenters. The summed E-state index contributed by atoms with van der Waals surface area (Å²) in [6, 6.07) is 1.83. The first-order chi connectivity index (χ1) is 7.16. The topological polar surface area (TPSA) is 88.1 Å². The number of ether oxygens (including phenoxy) is 1. The molecule has 1 fully saturated rings. The smallest absolute Gasteiger partial charge is 0.246 e. The fourth-order valence-electron chi connectivity index (χ4n) is 1.76. The molecule has 3 N–H and O–H groups in total. The van der Waals surface area contributed by atoms with Crippen LogP contribution in [0, 0.1) is 11.3 Å². The molecule has 0 aromatic carbocycles. The Hall–Kier alpha value is -1.12. The normalized spacial score (nSPS) is 18.4. The molecule has 0 saturated heterocycles. The van der Waals surface area contributed by atoms with Crippen molar-refractivity contribution < 1.29 is 9.53 Å². The molecule has 0 radical (unpaired) electrons. The monoisotopic (exact) mass is 211 g/mol. The van der Waals surface area contributed by atoms with Gasteiger partial charge in [0.05, 0.1) is 12.7 Å². The molecule has 0 aliphatic heterocycles. The molecule has 1 saturated carbocycles. The summed E-state index contributed by atoms with van der Waals surface area (Å²) in [7, 11) is 0. The molecule has 0 aromatic rings. The molecule has 0 aromatic heterocycles. The van der Waals surface area contributed by atoms with Crippen molar-refractivity contribution in [1.29, 1.82) is 5.26 Å². The fourth-order valence-corrected chi connectivity index (χ4v) is 1.76. The van der Waals surface area contributed by atoms with Gasteiger partial charge in [-0.3, -0.25) is 4.79 Å². The van der Waals surface area contributed by atoms with Gasteiger partial charge in [-0.05, 0) is 12.8 Å². The second-order valence-electron chi connectivity index (χ2n) is 4.00. The first-order valence-corrected chi connectivity index (χ1v) is 5.17. The molecule has 5 heteroatoms. The molecule has 1 amide bonds. The van der Waals surface area contributed by atoms with Gasteiger partial charge < -0.3 is 15.8 Å². The lowest BCUT2D eigenvalue weighted by molar-refractivity contribution is -0.126. The minimum absolute atomic E-state index is 0.0133. The van der Waals surface area contributed by atoms with Gasteiger partial charge in [-0.25, -0.2) is 0 Å². The van der Waals surface area contributed by atoms with Gasteiger partial charge in [-0.2, -0.15) is 5.26 Å². The maximum atomic E-state index is 11.1. The molecule has 15 heavy (non-hydrogen) atoms. The summed E-state index contributed by atoms with van der Waals surface area (Å²) in [6.45, 7) is 0.434. The zero-order valence-electron chi connectivity index (χ0n) is 8.79. The number of hydrogen-bond acceptors (Lipinski definition) is 4. The maximum absolute atomic E-state index is 11.1. The van der Waals surface area contributed by atoms with E-state index < -0.39 is 0 Å². The minimum atomic E-state index is -0.266. The molecule has 5 nitrogen and oxygen atoms in total. The number of amides is 1. The number of nitrogens with one attached hydrogen (secondary N) is 1. The van der Waals surface area contributed by atoms with Crippen LogP contribution in [0.15, 0.2) is 0 Å². The first-order valence-electron chi connectivity index (χ1n) is 5.17. The quantitative estimate of drug-likeness (QED) is 0.622. The third kappa shape index (κ3) is 4.28. The van der Waals surface area contributed by atoms with Gasteiger partial charge >= 0.3 is 0 Å². The summed E-state index contributed by atoms with van der Waals surface area (Å²) in [5.74, 6) is -0.266. The Kier molecular flexibility index (Phi) is 4.53. The van der Waals surface area contributed by atoms with Crippen LogP contribution < -0.4 is 11.1 Å². The molecule has 0 spiro atoms. The van der Waals surface area contributed by atoms with E-state index >= 15 is 0 Å². The van der Waals surface area contributed by atoms with Gasteiger partial charge in [-0.1, -0.05) is 12.8 Å². The predicted octanol–water partition coefficient (Wildman–Crippen LogP) is -0.0857. The fraction of sp³-hybridized carbons (Fsp3) is 0.800. The molecule has 0 heterocycles. The van der Waals surface area contributed by atoms with Crippen molar-refractivity contribution in [3.63, 3.8) is 0 Å². The molecule has 84 valence electrons. The van der Waals surface area contributed by atoms with E-state index in [1.54, 1.807) is 0 Å². The molecule has 1 aliphatic rings. The van der Waals surface area contributed by atoms with Crippen molar-refractivity contribution >= 4 is 5.91 Å². The van der Waals surface area contributed by atoms with Crippen molar-refractivity contribution in [3.8, 4) is 6.07 Å². The van der Waals surface area contributed by atoms with Crippen LogP contribution in [0.25, 0.3) is 0 Å². The third-order valence-electron chi connectivity index (χ3n) is 2.59. The Labute approximate surface area is 89.6 Å². The molecule has 0 unspecified atom stereocenters. The van der Waals surface area contributed by atoms with Crippen LogP contribution in [0.4, 0.5) is 0 Å².